The zero-order chi connectivity index (χ0) is 13.7. The van der Waals surface area contributed by atoms with Crippen LogP contribution in [0, 0.1) is 4.91 Å². The molecule has 1 aliphatic carbocycles. The van der Waals surface area contributed by atoms with Crippen molar-refractivity contribution in [1.29, 1.82) is 0 Å². The molecule has 1 atom stereocenters. The number of fused-ring (bicyclic) bond motifs is 1. The maximum Gasteiger partial charge on any atom is 0.216 e. The van der Waals surface area contributed by atoms with E-state index in [0.717, 1.165) is 12.8 Å². The molecular weight excluding hydrogens is 242 g/mol. The lowest BCUT2D eigenvalue weighted by Crippen LogP contribution is -2.40. The largest absolute Gasteiger partial charge is 0.354 e. The number of nitrogens with one attached hydrogen (secondary N) is 2. The minimum Gasteiger partial charge on any atom is -0.354 e. The summed E-state index contributed by atoms with van der Waals surface area (Å²) in [6, 6.07) is 8.33. The first-order valence-electron chi connectivity index (χ1n) is 6.56. The van der Waals surface area contributed by atoms with Crippen LogP contribution in [0.3, 0.4) is 0 Å². The summed E-state index contributed by atoms with van der Waals surface area (Å²) in [6.45, 7) is 2.23. The molecule has 0 bridgehead atoms. The third-order valence-electron chi connectivity index (χ3n) is 3.43. The minimum atomic E-state index is -0.410. The molecule has 0 radical (unpaired) electrons. The van der Waals surface area contributed by atoms with Gasteiger partial charge in [0.1, 0.15) is 6.04 Å². The smallest absolute Gasteiger partial charge is 0.216 e. The molecule has 0 saturated carbocycles. The van der Waals surface area contributed by atoms with Crippen molar-refractivity contribution in [3.63, 3.8) is 0 Å². The van der Waals surface area contributed by atoms with Gasteiger partial charge in [0.25, 0.3) is 0 Å². The molecule has 1 aromatic rings. The molecule has 2 rings (SSSR count). The highest BCUT2D eigenvalue weighted by molar-refractivity contribution is 5.72. The number of hydrogen-bond donors (Lipinski definition) is 2. The standard InChI is InChI=1S/C14H19N3O2/c1-10(18)15-8-14(17-19)9-16-13-6-11-4-2-3-5-12(11)7-13/h2-5,13-14,16H,6-9H2,1H3,(H,15,18). The summed E-state index contributed by atoms with van der Waals surface area (Å²) in [5.41, 5.74) is 2.75. The van der Waals surface area contributed by atoms with Crippen LogP contribution in [-0.4, -0.2) is 31.1 Å². The van der Waals surface area contributed by atoms with Gasteiger partial charge in [-0.2, -0.15) is 4.91 Å². The fraction of sp³-hybridized carbons (Fsp3) is 0.500. The second-order valence-corrected chi connectivity index (χ2v) is 4.98. The summed E-state index contributed by atoms with van der Waals surface area (Å²) in [5.74, 6) is -0.137. The monoisotopic (exact) mass is 261 g/mol. The normalized spacial score (nSPS) is 15.8. The van der Waals surface area contributed by atoms with Gasteiger partial charge in [-0.05, 0) is 24.0 Å². The van der Waals surface area contributed by atoms with E-state index >= 15 is 0 Å². The van der Waals surface area contributed by atoms with Crippen molar-refractivity contribution < 1.29 is 4.79 Å². The lowest BCUT2D eigenvalue weighted by molar-refractivity contribution is -0.119. The van der Waals surface area contributed by atoms with Crippen LogP contribution in [0.2, 0.25) is 0 Å². The van der Waals surface area contributed by atoms with Crippen molar-refractivity contribution in [2.75, 3.05) is 13.1 Å². The van der Waals surface area contributed by atoms with Gasteiger partial charge in [0, 0.05) is 26.1 Å². The van der Waals surface area contributed by atoms with Gasteiger partial charge in [-0.15, -0.1) is 0 Å². The van der Waals surface area contributed by atoms with Crippen molar-refractivity contribution >= 4 is 5.91 Å². The zero-order valence-corrected chi connectivity index (χ0v) is 11.1. The van der Waals surface area contributed by atoms with E-state index in [0.29, 0.717) is 19.1 Å². The Hall–Kier alpha value is -1.75. The third-order valence-corrected chi connectivity index (χ3v) is 3.43. The molecule has 0 aromatic heterocycles. The summed E-state index contributed by atoms with van der Waals surface area (Å²) in [4.78, 5) is 21.5. The fourth-order valence-electron chi connectivity index (χ4n) is 2.41. The predicted octanol–water partition coefficient (Wildman–Crippen LogP) is 1.01. The zero-order valence-electron chi connectivity index (χ0n) is 11.1. The molecule has 0 heterocycles. The average Bonchev–Trinajstić information content (AvgIpc) is 2.81. The number of rotatable bonds is 6. The van der Waals surface area contributed by atoms with Crippen molar-refractivity contribution in [2.45, 2.75) is 31.8 Å². The van der Waals surface area contributed by atoms with Gasteiger partial charge in [-0.1, -0.05) is 29.4 Å². The van der Waals surface area contributed by atoms with Crippen LogP contribution in [0.5, 0.6) is 0 Å². The molecule has 102 valence electrons. The van der Waals surface area contributed by atoms with E-state index in [2.05, 4.69) is 27.9 Å². The van der Waals surface area contributed by atoms with Crippen molar-refractivity contribution in [3.05, 3.63) is 40.3 Å². The van der Waals surface area contributed by atoms with E-state index in [-0.39, 0.29) is 5.91 Å². The molecule has 1 aromatic carbocycles. The molecule has 1 aliphatic rings. The van der Waals surface area contributed by atoms with Crippen LogP contribution in [0.1, 0.15) is 18.1 Å². The van der Waals surface area contributed by atoms with Gasteiger partial charge in [-0.25, -0.2) is 0 Å². The fourth-order valence-corrected chi connectivity index (χ4v) is 2.41. The second-order valence-electron chi connectivity index (χ2n) is 4.98. The molecule has 0 spiro atoms. The molecule has 5 nitrogen and oxygen atoms in total. The van der Waals surface area contributed by atoms with E-state index < -0.39 is 6.04 Å². The highest BCUT2D eigenvalue weighted by Crippen LogP contribution is 2.21. The van der Waals surface area contributed by atoms with Crippen LogP contribution in [-0.2, 0) is 17.6 Å². The van der Waals surface area contributed by atoms with Crippen LogP contribution in [0.15, 0.2) is 29.4 Å². The van der Waals surface area contributed by atoms with Crippen LogP contribution >= 0.6 is 0 Å². The Kier molecular flexibility index (Phi) is 4.63. The Morgan fingerprint density at radius 1 is 1.32 bits per heavy atom. The number of benzene rings is 1. The summed E-state index contributed by atoms with van der Waals surface area (Å²) in [7, 11) is 0. The van der Waals surface area contributed by atoms with Crippen LogP contribution in [0.4, 0.5) is 0 Å². The number of nitrogens with zero attached hydrogens (tertiary/aromatic N) is 1. The Labute approximate surface area is 112 Å². The van der Waals surface area contributed by atoms with Gasteiger partial charge in [0.2, 0.25) is 5.91 Å². The molecule has 1 unspecified atom stereocenters. The molecule has 2 N–H and O–H groups in total. The molecule has 0 saturated heterocycles. The summed E-state index contributed by atoms with van der Waals surface area (Å²) >= 11 is 0. The highest BCUT2D eigenvalue weighted by Gasteiger charge is 2.21. The van der Waals surface area contributed by atoms with Crippen LogP contribution in [0.25, 0.3) is 0 Å². The third kappa shape index (κ3) is 3.86. The van der Waals surface area contributed by atoms with E-state index in [1.165, 1.54) is 18.1 Å². The number of carbonyl (C=O) groups excluding carboxylic acids is 1. The van der Waals surface area contributed by atoms with Crippen molar-refractivity contribution in [2.24, 2.45) is 5.18 Å². The molecule has 0 aliphatic heterocycles. The maximum atomic E-state index is 10.8. The lowest BCUT2D eigenvalue weighted by atomic mass is 10.1. The molecule has 0 fully saturated rings. The van der Waals surface area contributed by atoms with Crippen molar-refractivity contribution in [3.8, 4) is 0 Å². The first kappa shape index (κ1) is 13.7. The topological polar surface area (TPSA) is 70.6 Å². The van der Waals surface area contributed by atoms with Gasteiger partial charge >= 0.3 is 0 Å². The average molecular weight is 261 g/mol. The van der Waals surface area contributed by atoms with Gasteiger partial charge < -0.3 is 10.6 Å². The van der Waals surface area contributed by atoms with Crippen LogP contribution < -0.4 is 10.6 Å². The Morgan fingerprint density at radius 3 is 2.47 bits per heavy atom. The Morgan fingerprint density at radius 2 is 1.95 bits per heavy atom. The maximum absolute atomic E-state index is 10.8. The number of carbonyl (C=O) groups is 1. The summed E-state index contributed by atoms with van der Waals surface area (Å²) in [5, 5.41) is 9.02. The highest BCUT2D eigenvalue weighted by atomic mass is 16.3. The lowest BCUT2D eigenvalue weighted by Gasteiger charge is -2.15. The first-order valence-corrected chi connectivity index (χ1v) is 6.56. The SMILES string of the molecule is CC(=O)NCC(CNC1Cc2ccccc2C1)N=O. The molecule has 1 amide bonds. The quantitative estimate of drug-likeness (QED) is 0.751. The number of hydrogen-bond acceptors (Lipinski definition) is 4. The van der Waals surface area contributed by atoms with E-state index in [1.54, 1.807) is 0 Å². The summed E-state index contributed by atoms with van der Waals surface area (Å²) < 4.78 is 0. The van der Waals surface area contributed by atoms with E-state index in [9.17, 15) is 9.70 Å². The van der Waals surface area contributed by atoms with E-state index in [4.69, 9.17) is 0 Å². The Bertz CT molecular complexity index is 437. The van der Waals surface area contributed by atoms with Gasteiger partial charge in [0.15, 0.2) is 0 Å². The predicted molar refractivity (Wildman–Crippen MR) is 73.9 cm³/mol. The number of nitroso groups, excluding NO2 is 1. The van der Waals surface area contributed by atoms with E-state index in [1.807, 2.05) is 12.1 Å². The van der Waals surface area contributed by atoms with Crippen molar-refractivity contribution in [1.82, 2.24) is 10.6 Å². The molecular formula is C14H19N3O2. The summed E-state index contributed by atoms with van der Waals surface area (Å²) in [6.07, 6.45) is 1.98. The van der Waals surface area contributed by atoms with Gasteiger partial charge in [-0.3, -0.25) is 4.79 Å². The molecule has 19 heavy (non-hydrogen) atoms. The second kappa shape index (κ2) is 6.43. The minimum absolute atomic E-state index is 0.137. The first-order chi connectivity index (χ1) is 9.19. The molecule has 5 heteroatoms. The van der Waals surface area contributed by atoms with Gasteiger partial charge in [0.05, 0.1) is 0 Å². The Balaban J connectivity index is 1.77. The number of amides is 1.